The first-order chi connectivity index (χ1) is 12.6. The molecule has 0 radical (unpaired) electrons. The van der Waals surface area contributed by atoms with Crippen LogP contribution in [-0.2, 0) is 5.75 Å². The molecule has 2 heterocycles. The minimum absolute atomic E-state index is 0.587. The van der Waals surface area contributed by atoms with E-state index in [1.54, 1.807) is 11.8 Å². The molecular formula is C20H24N4OS. The van der Waals surface area contributed by atoms with Gasteiger partial charge in [-0.05, 0) is 39.2 Å². The Bertz CT molecular complexity index is 908. The average Bonchev–Trinajstić information content (AvgIpc) is 3.36. The Morgan fingerprint density at radius 1 is 1.12 bits per heavy atom. The predicted molar refractivity (Wildman–Crippen MR) is 103 cm³/mol. The summed E-state index contributed by atoms with van der Waals surface area (Å²) in [5.41, 5.74) is 4.57. The molecule has 136 valence electrons. The van der Waals surface area contributed by atoms with E-state index in [-0.39, 0.29) is 0 Å². The summed E-state index contributed by atoms with van der Waals surface area (Å²) in [5.74, 6) is 1.94. The first kappa shape index (κ1) is 17.3. The lowest BCUT2D eigenvalue weighted by Crippen LogP contribution is -2.08. The fraction of sp³-hybridized carbons (Fsp3) is 0.450. The second-order valence-electron chi connectivity index (χ2n) is 6.99. The Morgan fingerprint density at radius 3 is 2.65 bits per heavy atom. The summed E-state index contributed by atoms with van der Waals surface area (Å²) in [5, 5.41) is 5.23. The molecule has 3 aromatic rings. The first-order valence-electron chi connectivity index (χ1n) is 9.20. The minimum atomic E-state index is 0.587. The van der Waals surface area contributed by atoms with Gasteiger partial charge in [-0.25, -0.2) is 4.98 Å². The van der Waals surface area contributed by atoms with Crippen molar-refractivity contribution >= 4 is 11.8 Å². The molecule has 0 aliphatic heterocycles. The van der Waals surface area contributed by atoms with E-state index < -0.39 is 0 Å². The molecule has 2 aromatic heterocycles. The van der Waals surface area contributed by atoms with Crippen LogP contribution in [0.5, 0.6) is 0 Å². The lowest BCUT2D eigenvalue weighted by Gasteiger charge is -2.16. The third-order valence-corrected chi connectivity index (χ3v) is 6.16. The molecule has 0 N–H and O–H groups in total. The third-order valence-electron chi connectivity index (χ3n) is 5.22. The second-order valence-corrected chi connectivity index (χ2v) is 7.93. The van der Waals surface area contributed by atoms with E-state index in [0.717, 1.165) is 22.0 Å². The van der Waals surface area contributed by atoms with Gasteiger partial charge in [0.25, 0.3) is 0 Å². The molecule has 1 fully saturated rings. The lowest BCUT2D eigenvalue weighted by molar-refractivity contribution is 0.391. The Labute approximate surface area is 158 Å². The zero-order valence-electron chi connectivity index (χ0n) is 15.5. The molecule has 0 unspecified atom stereocenters. The number of hydrogen-bond donors (Lipinski definition) is 0. The highest BCUT2D eigenvalue weighted by Gasteiger charge is 2.23. The summed E-state index contributed by atoms with van der Waals surface area (Å²) in [7, 11) is 0. The van der Waals surface area contributed by atoms with Gasteiger partial charge in [0.15, 0.2) is 5.16 Å². The van der Waals surface area contributed by atoms with Crippen LogP contribution in [0.2, 0.25) is 0 Å². The summed E-state index contributed by atoms with van der Waals surface area (Å²) in [6, 6.07) is 8.69. The fourth-order valence-electron chi connectivity index (χ4n) is 3.66. The topological polar surface area (TPSA) is 56.7 Å². The van der Waals surface area contributed by atoms with Crippen LogP contribution in [0.3, 0.4) is 0 Å². The van der Waals surface area contributed by atoms with Gasteiger partial charge in [-0.3, -0.25) is 0 Å². The average molecular weight is 369 g/mol. The van der Waals surface area contributed by atoms with Crippen LogP contribution >= 0.6 is 11.8 Å². The van der Waals surface area contributed by atoms with E-state index in [1.807, 2.05) is 18.2 Å². The lowest BCUT2D eigenvalue weighted by atomic mass is 10.1. The van der Waals surface area contributed by atoms with Gasteiger partial charge in [-0.1, -0.05) is 54.0 Å². The number of rotatable bonds is 5. The SMILES string of the molecule is Cc1ccccc1-c1noc(CSc2nc(C)c(C)n2C2CCCC2)n1. The van der Waals surface area contributed by atoms with Gasteiger partial charge in [-0.2, -0.15) is 4.98 Å². The van der Waals surface area contributed by atoms with E-state index in [2.05, 4.69) is 41.5 Å². The first-order valence-corrected chi connectivity index (χ1v) is 10.2. The summed E-state index contributed by atoms with van der Waals surface area (Å²) in [6.45, 7) is 6.33. The number of hydrogen-bond acceptors (Lipinski definition) is 5. The highest BCUT2D eigenvalue weighted by Crippen LogP contribution is 2.36. The van der Waals surface area contributed by atoms with Crippen molar-refractivity contribution in [2.45, 2.75) is 63.4 Å². The monoisotopic (exact) mass is 368 g/mol. The van der Waals surface area contributed by atoms with E-state index in [9.17, 15) is 0 Å². The molecule has 1 aliphatic rings. The zero-order valence-corrected chi connectivity index (χ0v) is 16.3. The van der Waals surface area contributed by atoms with Crippen LogP contribution in [-0.4, -0.2) is 19.7 Å². The Morgan fingerprint density at radius 2 is 1.88 bits per heavy atom. The third kappa shape index (κ3) is 3.30. The standard InChI is InChI=1S/C20H24N4OS/c1-13-8-4-7-11-17(13)19-22-18(25-23-19)12-26-20-21-14(2)15(3)24(20)16-9-5-6-10-16/h4,7-8,11,16H,5-6,9-10,12H2,1-3H3. The number of thioether (sulfide) groups is 1. The van der Waals surface area contributed by atoms with Crippen molar-refractivity contribution in [3.63, 3.8) is 0 Å². The molecule has 0 bridgehead atoms. The van der Waals surface area contributed by atoms with Gasteiger partial charge in [0.2, 0.25) is 11.7 Å². The van der Waals surface area contributed by atoms with E-state index >= 15 is 0 Å². The second kappa shape index (κ2) is 7.27. The highest BCUT2D eigenvalue weighted by atomic mass is 32.2. The largest absolute Gasteiger partial charge is 0.338 e. The molecule has 26 heavy (non-hydrogen) atoms. The molecule has 6 heteroatoms. The summed E-state index contributed by atoms with van der Waals surface area (Å²) in [4.78, 5) is 9.36. The van der Waals surface area contributed by atoms with Gasteiger partial charge in [0, 0.05) is 17.3 Å². The van der Waals surface area contributed by atoms with Crippen LogP contribution < -0.4 is 0 Å². The normalized spacial score (nSPS) is 15.0. The molecule has 0 saturated heterocycles. The molecule has 1 aliphatic carbocycles. The quantitative estimate of drug-likeness (QED) is 0.575. The molecule has 0 atom stereocenters. The van der Waals surface area contributed by atoms with Crippen molar-refractivity contribution < 1.29 is 4.52 Å². The molecule has 5 nitrogen and oxygen atoms in total. The number of aromatic nitrogens is 4. The summed E-state index contributed by atoms with van der Waals surface area (Å²) < 4.78 is 7.90. The van der Waals surface area contributed by atoms with E-state index in [4.69, 9.17) is 9.51 Å². The maximum atomic E-state index is 5.48. The van der Waals surface area contributed by atoms with Crippen LogP contribution in [0.25, 0.3) is 11.4 Å². The number of benzene rings is 1. The Balaban J connectivity index is 1.52. The predicted octanol–water partition coefficient (Wildman–Crippen LogP) is 5.27. The highest BCUT2D eigenvalue weighted by molar-refractivity contribution is 7.98. The van der Waals surface area contributed by atoms with Crippen molar-refractivity contribution in [2.24, 2.45) is 0 Å². The van der Waals surface area contributed by atoms with E-state index in [0.29, 0.717) is 23.5 Å². The molecule has 4 rings (SSSR count). The summed E-state index contributed by atoms with van der Waals surface area (Å²) in [6.07, 6.45) is 5.13. The van der Waals surface area contributed by atoms with Crippen molar-refractivity contribution in [3.8, 4) is 11.4 Å². The van der Waals surface area contributed by atoms with Crippen LogP contribution in [0.15, 0.2) is 33.9 Å². The number of aryl methyl sites for hydroxylation is 2. The maximum absolute atomic E-state index is 5.48. The van der Waals surface area contributed by atoms with Crippen LogP contribution in [0.4, 0.5) is 0 Å². The molecule has 0 amide bonds. The van der Waals surface area contributed by atoms with Gasteiger partial charge in [-0.15, -0.1) is 0 Å². The minimum Gasteiger partial charge on any atom is -0.338 e. The van der Waals surface area contributed by atoms with Crippen molar-refractivity contribution in [1.29, 1.82) is 0 Å². The zero-order chi connectivity index (χ0) is 18.1. The molecule has 1 saturated carbocycles. The van der Waals surface area contributed by atoms with Gasteiger partial charge in [0.05, 0.1) is 11.4 Å². The van der Waals surface area contributed by atoms with Gasteiger partial charge < -0.3 is 9.09 Å². The van der Waals surface area contributed by atoms with Crippen molar-refractivity contribution in [3.05, 3.63) is 47.1 Å². The molecule has 1 aromatic carbocycles. The smallest absolute Gasteiger partial charge is 0.237 e. The van der Waals surface area contributed by atoms with Crippen molar-refractivity contribution in [1.82, 2.24) is 19.7 Å². The summed E-state index contributed by atoms with van der Waals surface area (Å²) >= 11 is 1.69. The van der Waals surface area contributed by atoms with E-state index in [1.165, 1.54) is 31.4 Å². The van der Waals surface area contributed by atoms with Gasteiger partial charge in [0.1, 0.15) is 0 Å². The number of imidazole rings is 1. The van der Waals surface area contributed by atoms with Gasteiger partial charge >= 0.3 is 0 Å². The Kier molecular flexibility index (Phi) is 4.85. The molecule has 0 spiro atoms. The van der Waals surface area contributed by atoms with Crippen LogP contribution in [0.1, 0.15) is 54.6 Å². The van der Waals surface area contributed by atoms with Crippen molar-refractivity contribution in [2.75, 3.05) is 0 Å². The molecular weight excluding hydrogens is 344 g/mol. The fourth-order valence-corrected chi connectivity index (χ4v) is 4.66. The maximum Gasteiger partial charge on any atom is 0.237 e. The van der Waals surface area contributed by atoms with Crippen LogP contribution in [0, 0.1) is 20.8 Å². The Hall–Kier alpha value is -2.08. The number of nitrogens with zero attached hydrogens (tertiary/aromatic N) is 4.